The molecule has 0 aliphatic carbocycles. The third-order valence-electron chi connectivity index (χ3n) is 6.51. The molecule has 3 aromatic carbocycles. The number of hydrogen-bond acceptors (Lipinski definition) is 3. The topological polar surface area (TPSA) is 53.4 Å². The lowest BCUT2D eigenvalue weighted by molar-refractivity contribution is -0.122. The van der Waals surface area contributed by atoms with Crippen molar-refractivity contribution >= 4 is 45.5 Å². The van der Waals surface area contributed by atoms with E-state index in [-0.39, 0.29) is 5.91 Å². The summed E-state index contributed by atoms with van der Waals surface area (Å²) in [5.41, 5.74) is 6.35. The molecule has 3 heterocycles. The first kappa shape index (κ1) is 23.1. The van der Waals surface area contributed by atoms with Gasteiger partial charge < -0.3 is 9.55 Å². The van der Waals surface area contributed by atoms with Crippen molar-refractivity contribution in [1.82, 2.24) is 14.5 Å². The van der Waals surface area contributed by atoms with Gasteiger partial charge in [0.2, 0.25) is 0 Å². The first-order chi connectivity index (χ1) is 18.2. The van der Waals surface area contributed by atoms with E-state index in [0.717, 1.165) is 34.6 Å². The van der Waals surface area contributed by atoms with Crippen molar-refractivity contribution in [1.29, 1.82) is 0 Å². The molecule has 37 heavy (non-hydrogen) atoms. The molecule has 0 atom stereocenters. The summed E-state index contributed by atoms with van der Waals surface area (Å²) in [6, 6.07) is 30.4. The average Bonchev–Trinajstić information content (AvgIpc) is 3.59. The average molecular weight is 503 g/mol. The minimum atomic E-state index is -0.00960. The molecule has 182 valence electrons. The van der Waals surface area contributed by atoms with Gasteiger partial charge in [-0.25, -0.2) is 4.99 Å². The molecule has 5 aromatic rings. The number of aliphatic imine (C=N–C) groups is 1. The fourth-order valence-electron chi connectivity index (χ4n) is 4.67. The predicted molar refractivity (Wildman–Crippen MR) is 153 cm³/mol. The van der Waals surface area contributed by atoms with Gasteiger partial charge in [0, 0.05) is 41.2 Å². The maximum absolute atomic E-state index is 13.6. The molecule has 1 aliphatic rings. The zero-order valence-electron chi connectivity index (χ0n) is 20.5. The van der Waals surface area contributed by atoms with Gasteiger partial charge in [-0.2, -0.15) is 0 Å². The Bertz CT molecular complexity index is 1630. The molecule has 1 aliphatic heterocycles. The van der Waals surface area contributed by atoms with Crippen molar-refractivity contribution in [3.05, 3.63) is 125 Å². The van der Waals surface area contributed by atoms with Gasteiger partial charge in [0.25, 0.3) is 5.91 Å². The summed E-state index contributed by atoms with van der Waals surface area (Å²) in [4.78, 5) is 24.3. The van der Waals surface area contributed by atoms with Crippen LogP contribution in [0.1, 0.15) is 16.8 Å². The van der Waals surface area contributed by atoms with Gasteiger partial charge in [-0.3, -0.25) is 9.69 Å². The lowest BCUT2D eigenvalue weighted by Crippen LogP contribution is -2.31. The molecule has 1 saturated heterocycles. The fourth-order valence-corrected chi connectivity index (χ4v) is 5.69. The van der Waals surface area contributed by atoms with Crippen LogP contribution in [-0.4, -0.2) is 32.1 Å². The van der Waals surface area contributed by atoms with E-state index in [1.165, 1.54) is 22.7 Å². The molecule has 1 fully saturated rings. The summed E-state index contributed by atoms with van der Waals surface area (Å²) < 4.78 is 2.14. The first-order valence-corrected chi connectivity index (χ1v) is 13.1. The standard InChI is InChI=1S/C31H26N4OS/c1-22-18-23(21-35(22)26-12-6-3-7-13-26)19-29-30(36)34(31(37-29)33-25-10-4-2-5-11-25)17-16-24-20-32-28-15-9-8-14-27(24)28/h2-15,18-21,32H,16-17H2,1H3/b29-19+,33-31?. The van der Waals surface area contributed by atoms with Crippen LogP contribution < -0.4 is 0 Å². The van der Waals surface area contributed by atoms with Gasteiger partial charge in [-0.1, -0.05) is 54.6 Å². The summed E-state index contributed by atoms with van der Waals surface area (Å²) in [5.74, 6) is -0.00960. The van der Waals surface area contributed by atoms with E-state index >= 15 is 0 Å². The lowest BCUT2D eigenvalue weighted by atomic mass is 10.1. The molecule has 0 radical (unpaired) electrons. The number of benzene rings is 3. The largest absolute Gasteiger partial charge is 0.361 e. The number of hydrogen-bond donors (Lipinski definition) is 1. The number of H-pyrrole nitrogens is 1. The van der Waals surface area contributed by atoms with Crippen LogP contribution in [0, 0.1) is 6.92 Å². The zero-order valence-corrected chi connectivity index (χ0v) is 21.3. The number of aryl methyl sites for hydroxylation is 1. The minimum absolute atomic E-state index is 0.00960. The Labute approximate surface area is 220 Å². The van der Waals surface area contributed by atoms with Crippen LogP contribution in [0.4, 0.5) is 5.69 Å². The number of aromatic amines is 1. The van der Waals surface area contributed by atoms with Crippen molar-refractivity contribution in [3.8, 4) is 5.69 Å². The number of carbonyl (C=O) groups excluding carboxylic acids is 1. The Morgan fingerprint density at radius 1 is 0.946 bits per heavy atom. The first-order valence-electron chi connectivity index (χ1n) is 12.3. The van der Waals surface area contributed by atoms with Gasteiger partial charge in [-0.05, 0) is 78.7 Å². The number of amidine groups is 1. The summed E-state index contributed by atoms with van der Waals surface area (Å²) in [6.45, 7) is 2.63. The van der Waals surface area contributed by atoms with Crippen molar-refractivity contribution in [2.24, 2.45) is 4.99 Å². The van der Waals surface area contributed by atoms with Crippen molar-refractivity contribution in [3.63, 3.8) is 0 Å². The third-order valence-corrected chi connectivity index (χ3v) is 7.52. The maximum Gasteiger partial charge on any atom is 0.266 e. The third kappa shape index (κ3) is 4.76. The van der Waals surface area contributed by atoms with Gasteiger partial charge in [0.05, 0.1) is 10.6 Å². The molecule has 6 rings (SSSR count). The van der Waals surface area contributed by atoms with E-state index in [2.05, 4.69) is 53.0 Å². The number of para-hydroxylation sites is 3. The highest BCUT2D eigenvalue weighted by Crippen LogP contribution is 2.35. The Morgan fingerprint density at radius 3 is 2.49 bits per heavy atom. The van der Waals surface area contributed by atoms with E-state index in [4.69, 9.17) is 4.99 Å². The molecular formula is C31H26N4OS. The molecule has 2 aromatic heterocycles. The van der Waals surface area contributed by atoms with E-state index in [1.54, 1.807) is 0 Å². The van der Waals surface area contributed by atoms with Crippen LogP contribution in [-0.2, 0) is 11.2 Å². The number of nitrogens with one attached hydrogen (secondary N) is 1. The maximum atomic E-state index is 13.6. The number of carbonyl (C=O) groups is 1. The minimum Gasteiger partial charge on any atom is -0.361 e. The SMILES string of the molecule is Cc1cc(/C=C2/SC(=Nc3ccccc3)N(CCc3c[nH]c4ccccc34)C2=O)cn1-c1ccccc1. The number of aromatic nitrogens is 2. The Morgan fingerprint density at radius 2 is 1.68 bits per heavy atom. The normalized spacial score (nSPS) is 15.9. The van der Waals surface area contributed by atoms with Crippen LogP contribution >= 0.6 is 11.8 Å². The Balaban J connectivity index is 1.31. The van der Waals surface area contributed by atoms with Gasteiger partial charge in [0.1, 0.15) is 0 Å². The van der Waals surface area contributed by atoms with Crippen molar-refractivity contribution in [2.75, 3.05) is 6.54 Å². The van der Waals surface area contributed by atoms with Crippen molar-refractivity contribution in [2.45, 2.75) is 13.3 Å². The number of rotatable bonds is 6. The Hall–Kier alpha value is -4.29. The number of nitrogens with zero attached hydrogens (tertiary/aromatic N) is 3. The fraction of sp³-hybridized carbons (Fsp3) is 0.0968. The van der Waals surface area contributed by atoms with E-state index < -0.39 is 0 Å². The van der Waals surface area contributed by atoms with E-state index in [0.29, 0.717) is 16.6 Å². The molecule has 1 N–H and O–H groups in total. The monoisotopic (exact) mass is 502 g/mol. The molecule has 5 nitrogen and oxygen atoms in total. The highest BCUT2D eigenvalue weighted by molar-refractivity contribution is 8.18. The number of fused-ring (bicyclic) bond motifs is 1. The van der Waals surface area contributed by atoms with Crippen molar-refractivity contribution < 1.29 is 4.79 Å². The summed E-state index contributed by atoms with van der Waals surface area (Å²) in [5, 5.41) is 1.90. The molecule has 0 saturated carbocycles. The predicted octanol–water partition coefficient (Wildman–Crippen LogP) is 7.11. The van der Waals surface area contributed by atoms with Gasteiger partial charge >= 0.3 is 0 Å². The smallest absolute Gasteiger partial charge is 0.266 e. The van der Waals surface area contributed by atoms with Gasteiger partial charge in [-0.15, -0.1) is 0 Å². The summed E-state index contributed by atoms with van der Waals surface area (Å²) in [7, 11) is 0. The molecule has 0 bridgehead atoms. The quantitative estimate of drug-likeness (QED) is 0.252. The van der Waals surface area contributed by atoms with E-state index in [1.807, 2.05) is 77.8 Å². The van der Waals surface area contributed by atoms with Crippen LogP contribution in [0.15, 0.2) is 113 Å². The highest BCUT2D eigenvalue weighted by atomic mass is 32.2. The second kappa shape index (κ2) is 9.99. The zero-order chi connectivity index (χ0) is 25.2. The van der Waals surface area contributed by atoms with E-state index in [9.17, 15) is 4.79 Å². The summed E-state index contributed by atoms with van der Waals surface area (Å²) >= 11 is 1.44. The lowest BCUT2D eigenvalue weighted by Gasteiger charge is -2.15. The molecular weight excluding hydrogens is 476 g/mol. The second-order valence-corrected chi connectivity index (χ2v) is 10.0. The molecule has 1 amide bonds. The van der Waals surface area contributed by atoms with Crippen LogP contribution in [0.25, 0.3) is 22.7 Å². The Kier molecular flexibility index (Phi) is 6.25. The molecule has 6 heteroatoms. The summed E-state index contributed by atoms with van der Waals surface area (Å²) in [6.07, 6.45) is 6.83. The molecule has 0 spiro atoms. The number of amides is 1. The molecule has 0 unspecified atom stereocenters. The van der Waals surface area contributed by atoms with Crippen LogP contribution in [0.3, 0.4) is 0 Å². The van der Waals surface area contributed by atoms with Gasteiger partial charge in [0.15, 0.2) is 5.17 Å². The second-order valence-electron chi connectivity index (χ2n) is 9.03. The van der Waals surface area contributed by atoms with Crippen LogP contribution in [0.5, 0.6) is 0 Å². The highest BCUT2D eigenvalue weighted by Gasteiger charge is 2.33. The van der Waals surface area contributed by atoms with Crippen LogP contribution in [0.2, 0.25) is 0 Å². The number of thioether (sulfide) groups is 1.